The van der Waals surface area contributed by atoms with Crippen molar-refractivity contribution in [3.05, 3.63) is 0 Å². The summed E-state index contributed by atoms with van der Waals surface area (Å²) in [5.41, 5.74) is 6.63. The summed E-state index contributed by atoms with van der Waals surface area (Å²) >= 11 is 0. The predicted octanol–water partition coefficient (Wildman–Crippen LogP) is 3.58. The van der Waals surface area contributed by atoms with Crippen LogP contribution < -0.4 is 5.84 Å². The Morgan fingerprint density at radius 2 is 1.67 bits per heavy atom. The summed E-state index contributed by atoms with van der Waals surface area (Å²) in [6, 6.07) is 0.159. The Labute approximate surface area is 127 Å². The largest absolute Gasteiger partial charge is 0.303 e. The quantitative estimate of drug-likeness (QED) is 0.278. The van der Waals surface area contributed by atoms with Gasteiger partial charge in [-0.15, -0.1) is 0 Å². The summed E-state index contributed by atoms with van der Waals surface area (Å²) in [6.45, 7) is 10.7. The number of nitrogens with two attached hydrogens (primary N) is 1. The van der Waals surface area contributed by atoms with Gasteiger partial charge < -0.3 is 5.84 Å². The minimum absolute atomic E-state index is 0.159. The van der Waals surface area contributed by atoms with Crippen LogP contribution in [0.25, 0.3) is 0 Å². The lowest BCUT2D eigenvalue weighted by Gasteiger charge is -2.35. The van der Waals surface area contributed by atoms with Crippen LogP contribution in [0.15, 0.2) is 26.1 Å². The Hall–Kier alpha value is -1.80. The fraction of sp³-hybridized carbons (Fsp3) is 1.00. The molecule has 122 valence electrons. The third kappa shape index (κ3) is 7.52. The van der Waals surface area contributed by atoms with Gasteiger partial charge in [0.2, 0.25) is 0 Å². The van der Waals surface area contributed by atoms with E-state index in [1.807, 2.05) is 6.92 Å². The molecule has 0 amide bonds. The van der Waals surface area contributed by atoms with Crippen LogP contribution in [0.3, 0.4) is 0 Å². The van der Waals surface area contributed by atoms with Crippen LogP contribution >= 0.6 is 0 Å². The average Bonchev–Trinajstić information content (AvgIpc) is 2.40. The van der Waals surface area contributed by atoms with Crippen LogP contribution in [-0.4, -0.2) is 29.3 Å². The summed E-state index contributed by atoms with van der Waals surface area (Å²) < 4.78 is 0. The molecule has 0 saturated heterocycles. The molecule has 0 bridgehead atoms. The van der Waals surface area contributed by atoms with E-state index in [2.05, 4.69) is 53.8 Å². The maximum absolute atomic E-state index is 6.63. The molecular weight excluding hydrogens is 270 g/mol. The van der Waals surface area contributed by atoms with Gasteiger partial charge in [0.05, 0.1) is 0 Å². The van der Waals surface area contributed by atoms with E-state index in [0.717, 1.165) is 6.42 Å². The van der Waals surface area contributed by atoms with Crippen molar-refractivity contribution < 1.29 is 0 Å². The number of rotatable bonds is 10. The summed E-state index contributed by atoms with van der Waals surface area (Å²) in [5, 5.41) is 20.7. The van der Waals surface area contributed by atoms with Crippen LogP contribution in [-0.2, 0) is 0 Å². The Bertz CT molecular complexity index is 342. The lowest BCUT2D eigenvalue weighted by molar-refractivity contribution is 0.0251. The molecule has 0 aromatic rings. The first-order valence-corrected chi connectivity index (χ1v) is 7.22. The van der Waals surface area contributed by atoms with Gasteiger partial charge in [0.25, 0.3) is 0 Å². The van der Waals surface area contributed by atoms with Gasteiger partial charge in [-0.05, 0) is 54.2 Å². The first-order chi connectivity index (χ1) is 9.83. The molecule has 0 fully saturated rings. The Morgan fingerprint density at radius 3 is 2.14 bits per heavy atom. The van der Waals surface area contributed by atoms with E-state index in [1.165, 1.54) is 6.42 Å². The van der Waals surface area contributed by atoms with E-state index in [4.69, 9.17) is 11.4 Å². The Morgan fingerprint density at radius 1 is 1.05 bits per heavy atom. The Balaban J connectivity index is 4.78. The number of nitrogens with one attached hydrogen (secondary N) is 1. The number of hydrogen-bond donors (Lipinski definition) is 2. The highest BCUT2D eigenvalue weighted by molar-refractivity contribution is 4.71. The fourth-order valence-corrected chi connectivity index (χ4v) is 2.51. The molecule has 0 aliphatic heterocycles. The zero-order chi connectivity index (χ0) is 16.4. The molecular formula is C12H29N9. The minimum Gasteiger partial charge on any atom is -0.303 e. The predicted molar refractivity (Wildman–Crippen MR) is 80.8 cm³/mol. The van der Waals surface area contributed by atoms with Gasteiger partial charge in [-0.3, -0.25) is 10.0 Å². The monoisotopic (exact) mass is 299 g/mol. The molecule has 9 heteroatoms. The lowest BCUT2D eigenvalue weighted by atomic mass is 9.93. The summed E-state index contributed by atoms with van der Waals surface area (Å²) in [4.78, 5) is 0. The van der Waals surface area contributed by atoms with E-state index in [0.29, 0.717) is 11.8 Å². The van der Waals surface area contributed by atoms with E-state index < -0.39 is 0 Å². The molecule has 0 aliphatic carbocycles. The highest BCUT2D eigenvalue weighted by Crippen LogP contribution is 2.21. The van der Waals surface area contributed by atoms with E-state index in [-0.39, 0.29) is 12.2 Å². The maximum Gasteiger partial charge on any atom is 0.134 e. The first-order valence-electron chi connectivity index (χ1n) is 7.22. The number of hydrogen-bond acceptors (Lipinski definition) is 4. The molecule has 0 aromatic heterocycles. The molecule has 3 unspecified atom stereocenters. The first kappa shape index (κ1) is 19.2. The zero-order valence-corrected chi connectivity index (χ0v) is 13.9. The molecule has 9 nitrogen and oxygen atoms in total. The van der Waals surface area contributed by atoms with Crippen molar-refractivity contribution in [2.24, 2.45) is 43.8 Å². The van der Waals surface area contributed by atoms with Crippen LogP contribution in [0, 0.1) is 17.4 Å². The van der Waals surface area contributed by atoms with Gasteiger partial charge >= 0.3 is 0 Å². The van der Waals surface area contributed by atoms with Gasteiger partial charge in [-0.2, -0.15) is 5.53 Å². The van der Waals surface area contributed by atoms with Gasteiger partial charge in [-0.1, -0.05) is 31.2 Å². The zero-order valence-electron chi connectivity index (χ0n) is 13.9. The average molecular weight is 299 g/mol. The molecule has 0 aromatic carbocycles. The van der Waals surface area contributed by atoms with Crippen molar-refractivity contribution in [2.75, 3.05) is 7.05 Å². The topological polar surface area (TPSA) is 118 Å². The SMILES string of the molecule is CC(C)CC(C)CC(C)N(/N=N/N)C(C)N(C)/N=N/N=N. The minimum atomic E-state index is -0.191. The molecule has 0 spiro atoms. The molecule has 3 N–H and O–H groups in total. The third-order valence-electron chi connectivity index (χ3n) is 3.37. The highest BCUT2D eigenvalue weighted by atomic mass is 15.7. The van der Waals surface area contributed by atoms with Gasteiger partial charge in [-0.25, -0.2) is 0 Å². The van der Waals surface area contributed by atoms with Crippen LogP contribution in [0.1, 0.15) is 47.5 Å². The maximum atomic E-state index is 6.63. The lowest BCUT2D eigenvalue weighted by Crippen LogP contribution is -2.44. The second kappa shape index (κ2) is 10.0. The molecule has 21 heavy (non-hydrogen) atoms. The molecule has 0 radical (unpaired) electrons. The standard InChI is InChI=1S/C12H29N9/c1-9(2)7-10(3)8-11(4)21(18-16-14)12(5)20(6)19-17-15-13/h9-13H,7-8H2,1-6H3,(H2,14,18)/b15-13?,19-17+. The number of nitrogens with zero attached hydrogens (tertiary/aromatic N) is 7. The van der Waals surface area contributed by atoms with Crippen LogP contribution in [0.2, 0.25) is 0 Å². The van der Waals surface area contributed by atoms with Crippen molar-refractivity contribution in [3.8, 4) is 0 Å². The summed E-state index contributed by atoms with van der Waals surface area (Å²) in [6.07, 6.45) is 1.96. The summed E-state index contributed by atoms with van der Waals surface area (Å²) in [7, 11) is 1.74. The second-order valence-electron chi connectivity index (χ2n) is 5.89. The van der Waals surface area contributed by atoms with Gasteiger partial charge in [0, 0.05) is 13.1 Å². The van der Waals surface area contributed by atoms with Crippen LogP contribution in [0.4, 0.5) is 0 Å². The fourth-order valence-electron chi connectivity index (χ4n) is 2.51. The van der Waals surface area contributed by atoms with Crippen LogP contribution in [0.5, 0.6) is 0 Å². The molecule has 3 atom stereocenters. The van der Waals surface area contributed by atoms with Crippen molar-refractivity contribution in [1.82, 2.24) is 10.0 Å². The molecule has 0 saturated carbocycles. The van der Waals surface area contributed by atoms with E-state index in [9.17, 15) is 0 Å². The van der Waals surface area contributed by atoms with Crippen molar-refractivity contribution in [2.45, 2.75) is 59.7 Å². The smallest absolute Gasteiger partial charge is 0.134 e. The Kier molecular flexibility index (Phi) is 9.15. The molecule has 0 rings (SSSR count). The summed E-state index contributed by atoms with van der Waals surface area (Å²) in [5.74, 6) is 6.46. The molecule has 0 aliphatic rings. The third-order valence-corrected chi connectivity index (χ3v) is 3.37. The van der Waals surface area contributed by atoms with E-state index >= 15 is 0 Å². The van der Waals surface area contributed by atoms with Crippen molar-refractivity contribution >= 4 is 0 Å². The van der Waals surface area contributed by atoms with Gasteiger partial charge in [0.15, 0.2) is 0 Å². The second-order valence-corrected chi connectivity index (χ2v) is 5.89. The highest BCUT2D eigenvalue weighted by Gasteiger charge is 2.24. The van der Waals surface area contributed by atoms with E-state index in [1.54, 1.807) is 17.1 Å². The molecule has 0 heterocycles. The van der Waals surface area contributed by atoms with Gasteiger partial charge in [0.1, 0.15) is 6.17 Å². The van der Waals surface area contributed by atoms with Crippen molar-refractivity contribution in [3.63, 3.8) is 0 Å². The normalized spacial score (nSPS) is 16.3. The van der Waals surface area contributed by atoms with Crippen molar-refractivity contribution in [1.29, 1.82) is 5.53 Å².